The Morgan fingerprint density at radius 2 is 2.04 bits per heavy atom. The molecule has 1 aliphatic rings. The molecule has 2 aromatic carbocycles. The van der Waals surface area contributed by atoms with Crippen LogP contribution in [0.1, 0.15) is 0 Å². The van der Waals surface area contributed by atoms with Crippen LogP contribution in [0, 0.1) is 0 Å². The van der Waals surface area contributed by atoms with Gasteiger partial charge in [-0.15, -0.1) is 0 Å². The molecule has 6 nitrogen and oxygen atoms in total. The normalized spacial score (nSPS) is 16.1. The van der Waals surface area contributed by atoms with Crippen molar-refractivity contribution in [3.63, 3.8) is 0 Å². The summed E-state index contributed by atoms with van der Waals surface area (Å²) in [5, 5.41) is 2.81. The van der Waals surface area contributed by atoms with Gasteiger partial charge in [0.25, 0.3) is 5.91 Å². The predicted octanol–water partition coefficient (Wildman–Crippen LogP) is 2.38. The van der Waals surface area contributed by atoms with Crippen LogP contribution in [0.15, 0.2) is 47.3 Å². The van der Waals surface area contributed by atoms with Gasteiger partial charge in [0.1, 0.15) is 6.61 Å². The third kappa shape index (κ3) is 2.52. The molecule has 2 heterocycles. The Hall–Kier alpha value is -2.80. The Bertz CT molecular complexity index is 992. The fourth-order valence-electron chi connectivity index (χ4n) is 2.58. The second-order valence-corrected chi connectivity index (χ2v) is 6.46. The van der Waals surface area contributed by atoms with Gasteiger partial charge in [0.15, 0.2) is 11.5 Å². The molecule has 0 aliphatic carbocycles. The molecule has 0 fully saturated rings. The molecule has 1 amide bonds. The van der Waals surface area contributed by atoms with E-state index in [1.165, 1.54) is 0 Å². The van der Waals surface area contributed by atoms with Gasteiger partial charge in [-0.2, -0.15) is 0 Å². The van der Waals surface area contributed by atoms with Gasteiger partial charge in [0, 0.05) is 12.7 Å². The molecule has 0 radical (unpaired) electrons. The lowest BCUT2D eigenvalue weighted by molar-refractivity contribution is -0.125. The summed E-state index contributed by atoms with van der Waals surface area (Å²) in [6.07, 6.45) is -0.717. The summed E-state index contributed by atoms with van der Waals surface area (Å²) < 4.78 is 13.7. The summed E-state index contributed by atoms with van der Waals surface area (Å²) in [6.45, 7) is 0.157. The summed E-state index contributed by atoms with van der Waals surface area (Å²) in [5.74, 6) is 0.907. The summed E-state index contributed by atoms with van der Waals surface area (Å²) in [5.41, 5.74) is 1.46. The molecule has 7 heteroatoms. The van der Waals surface area contributed by atoms with E-state index in [0.717, 1.165) is 21.6 Å². The second-order valence-electron chi connectivity index (χ2n) is 5.46. The fourth-order valence-corrected chi connectivity index (χ4v) is 3.50. The van der Waals surface area contributed by atoms with Crippen molar-refractivity contribution in [1.29, 1.82) is 0 Å². The fraction of sp³-hybridized carbons (Fsp3) is 0.176. The number of carbonyl (C=O) groups is 1. The van der Waals surface area contributed by atoms with Gasteiger partial charge < -0.3 is 19.4 Å². The maximum absolute atomic E-state index is 12.4. The number of hydrogen-bond donors (Lipinski definition) is 1. The Labute approximate surface area is 141 Å². The minimum Gasteiger partial charge on any atom is -0.485 e. The quantitative estimate of drug-likeness (QED) is 0.776. The van der Waals surface area contributed by atoms with Crippen LogP contribution < -0.4 is 19.7 Å². The van der Waals surface area contributed by atoms with E-state index in [1.54, 1.807) is 35.9 Å². The van der Waals surface area contributed by atoms with Crippen molar-refractivity contribution >= 4 is 33.1 Å². The highest BCUT2D eigenvalue weighted by Crippen LogP contribution is 2.31. The molecule has 1 aromatic heterocycles. The number of nitrogens with zero attached hydrogens (tertiary/aromatic N) is 1. The van der Waals surface area contributed by atoms with Crippen LogP contribution >= 0.6 is 11.3 Å². The number of benzene rings is 2. The lowest BCUT2D eigenvalue weighted by Crippen LogP contribution is -2.40. The topological polar surface area (TPSA) is 69.6 Å². The zero-order valence-corrected chi connectivity index (χ0v) is 13.6. The maximum atomic E-state index is 12.4. The number of anilines is 1. The third-order valence-electron chi connectivity index (χ3n) is 3.86. The molecule has 0 spiro atoms. The van der Waals surface area contributed by atoms with Gasteiger partial charge in [-0.3, -0.25) is 9.59 Å². The van der Waals surface area contributed by atoms with Gasteiger partial charge in [-0.1, -0.05) is 23.5 Å². The van der Waals surface area contributed by atoms with E-state index in [0.29, 0.717) is 17.2 Å². The van der Waals surface area contributed by atoms with Gasteiger partial charge >= 0.3 is 4.87 Å². The van der Waals surface area contributed by atoms with E-state index in [2.05, 4.69) is 5.32 Å². The first kappa shape index (κ1) is 14.8. The molecule has 4 rings (SSSR count). The Kier molecular flexibility index (Phi) is 3.50. The molecular weight excluding hydrogens is 328 g/mol. The smallest absolute Gasteiger partial charge is 0.307 e. The van der Waals surface area contributed by atoms with Crippen molar-refractivity contribution in [2.75, 3.05) is 11.9 Å². The Morgan fingerprint density at radius 3 is 2.88 bits per heavy atom. The standard InChI is InChI=1S/C17H14N2O4S/c1-19-11-7-6-10(8-15(11)24-17(19)21)18-16(20)14-9-22-12-4-2-3-5-13(12)23-14/h2-8,14H,9H2,1H3,(H,18,20)/t14-/m0/s1. The molecule has 1 aliphatic heterocycles. The minimum atomic E-state index is -0.717. The average molecular weight is 342 g/mol. The number of thiazole rings is 1. The number of carbonyl (C=O) groups excluding carboxylic acids is 1. The second kappa shape index (κ2) is 5.68. The van der Waals surface area contributed by atoms with Crippen molar-refractivity contribution in [3.05, 3.63) is 52.1 Å². The molecular formula is C17H14N2O4S. The maximum Gasteiger partial charge on any atom is 0.307 e. The summed E-state index contributed by atoms with van der Waals surface area (Å²) in [4.78, 5) is 24.1. The van der Waals surface area contributed by atoms with E-state index in [4.69, 9.17) is 9.47 Å². The summed E-state index contributed by atoms with van der Waals surface area (Å²) >= 11 is 1.15. The zero-order chi connectivity index (χ0) is 16.7. The number of ether oxygens (including phenoxy) is 2. The Morgan fingerprint density at radius 1 is 1.25 bits per heavy atom. The number of amides is 1. The molecule has 3 aromatic rings. The van der Waals surface area contributed by atoms with Crippen molar-refractivity contribution < 1.29 is 14.3 Å². The molecule has 24 heavy (non-hydrogen) atoms. The SMILES string of the molecule is Cn1c(=O)sc2cc(NC(=O)[C@@H]3COc4ccccc4O3)ccc21. The van der Waals surface area contributed by atoms with E-state index < -0.39 is 6.10 Å². The lowest BCUT2D eigenvalue weighted by atomic mass is 10.2. The molecule has 0 saturated heterocycles. The number of rotatable bonds is 2. The van der Waals surface area contributed by atoms with E-state index in [9.17, 15) is 9.59 Å². The minimum absolute atomic E-state index is 0.0332. The molecule has 1 atom stereocenters. The van der Waals surface area contributed by atoms with Crippen molar-refractivity contribution in [2.45, 2.75) is 6.10 Å². The first-order valence-electron chi connectivity index (χ1n) is 7.41. The number of hydrogen-bond acceptors (Lipinski definition) is 5. The van der Waals surface area contributed by atoms with E-state index in [1.807, 2.05) is 18.2 Å². The van der Waals surface area contributed by atoms with Gasteiger partial charge in [-0.05, 0) is 30.3 Å². The molecule has 1 N–H and O–H groups in total. The van der Waals surface area contributed by atoms with Crippen molar-refractivity contribution in [1.82, 2.24) is 4.57 Å². The van der Waals surface area contributed by atoms with Crippen LogP contribution in [-0.2, 0) is 11.8 Å². The number of fused-ring (bicyclic) bond motifs is 2. The number of aryl methyl sites for hydroxylation is 1. The van der Waals surface area contributed by atoms with Crippen LogP contribution in [0.2, 0.25) is 0 Å². The molecule has 0 bridgehead atoms. The summed E-state index contributed by atoms with van der Waals surface area (Å²) in [6, 6.07) is 12.6. The Balaban J connectivity index is 1.53. The number of aromatic nitrogens is 1. The largest absolute Gasteiger partial charge is 0.485 e. The molecule has 122 valence electrons. The first-order chi connectivity index (χ1) is 11.6. The van der Waals surface area contributed by atoms with Crippen molar-refractivity contribution in [3.8, 4) is 11.5 Å². The van der Waals surface area contributed by atoms with Crippen LogP contribution in [0.25, 0.3) is 10.2 Å². The number of nitrogens with one attached hydrogen (secondary N) is 1. The number of para-hydroxylation sites is 2. The summed E-state index contributed by atoms with van der Waals surface area (Å²) in [7, 11) is 1.73. The van der Waals surface area contributed by atoms with Crippen LogP contribution in [0.3, 0.4) is 0 Å². The highest BCUT2D eigenvalue weighted by Gasteiger charge is 2.27. The average Bonchev–Trinajstić information content (AvgIpc) is 2.88. The van der Waals surface area contributed by atoms with Gasteiger partial charge in [0.2, 0.25) is 6.10 Å². The monoisotopic (exact) mass is 342 g/mol. The van der Waals surface area contributed by atoms with Crippen LogP contribution in [-0.4, -0.2) is 23.2 Å². The first-order valence-corrected chi connectivity index (χ1v) is 8.22. The highest BCUT2D eigenvalue weighted by molar-refractivity contribution is 7.16. The van der Waals surface area contributed by atoms with Crippen molar-refractivity contribution in [2.24, 2.45) is 7.05 Å². The third-order valence-corrected chi connectivity index (χ3v) is 4.86. The molecule has 0 saturated carbocycles. The van der Waals surface area contributed by atoms with Gasteiger partial charge in [-0.25, -0.2) is 0 Å². The predicted molar refractivity (Wildman–Crippen MR) is 92.0 cm³/mol. The van der Waals surface area contributed by atoms with Gasteiger partial charge in [0.05, 0.1) is 10.2 Å². The van der Waals surface area contributed by atoms with Crippen LogP contribution in [0.5, 0.6) is 11.5 Å². The van der Waals surface area contributed by atoms with E-state index in [-0.39, 0.29) is 17.4 Å². The highest BCUT2D eigenvalue weighted by atomic mass is 32.1. The van der Waals surface area contributed by atoms with Crippen LogP contribution in [0.4, 0.5) is 5.69 Å². The van der Waals surface area contributed by atoms with E-state index >= 15 is 0 Å². The zero-order valence-electron chi connectivity index (χ0n) is 12.8. The molecule has 0 unspecified atom stereocenters. The lowest BCUT2D eigenvalue weighted by Gasteiger charge is -2.25.